The molecule has 3 unspecified atom stereocenters. The highest BCUT2D eigenvalue weighted by molar-refractivity contribution is 6.66. The first-order chi connectivity index (χ1) is 8.42. The van der Waals surface area contributed by atoms with Crippen molar-refractivity contribution in [1.29, 1.82) is 0 Å². The second-order valence-electron chi connectivity index (χ2n) is 3.75. The Balaban J connectivity index is 4.87. The van der Waals surface area contributed by atoms with Gasteiger partial charge in [-0.15, -0.1) is 0 Å². The van der Waals surface area contributed by atoms with Crippen LogP contribution in [0.2, 0.25) is 0 Å². The molecule has 0 aromatic heterocycles. The molecule has 0 aromatic rings. The van der Waals surface area contributed by atoms with Crippen LogP contribution < -0.4 is 0 Å². The largest absolute Gasteiger partial charge is 0.534 e. The van der Waals surface area contributed by atoms with E-state index in [4.69, 9.17) is 13.3 Å². The molecule has 0 saturated heterocycles. The van der Waals surface area contributed by atoms with E-state index in [1.165, 1.54) is 5.70 Å². The molecule has 3 atom stereocenters. The molecule has 6 nitrogen and oxygen atoms in total. The maximum atomic E-state index is 9.54. The van der Waals surface area contributed by atoms with Gasteiger partial charge in [-0.3, -0.25) is 0 Å². The lowest BCUT2D eigenvalue weighted by Crippen LogP contribution is -2.51. The topological polar surface area (TPSA) is 88.4 Å². The normalized spacial score (nSPS) is 19.9. The first-order valence-electron chi connectivity index (χ1n) is 6.14. The van der Waals surface area contributed by atoms with E-state index in [-0.39, 0.29) is 0 Å². The second kappa shape index (κ2) is 8.76. The summed E-state index contributed by atoms with van der Waals surface area (Å²) < 4.78 is 15.9. The fourth-order valence-electron chi connectivity index (χ4n) is 1.05. The summed E-state index contributed by atoms with van der Waals surface area (Å²) in [6.45, 7) is 8.71. The van der Waals surface area contributed by atoms with Crippen LogP contribution in [0.3, 0.4) is 0 Å². The summed E-state index contributed by atoms with van der Waals surface area (Å²) in [7, 11) is -3.51. The Morgan fingerprint density at radius 1 is 0.889 bits per heavy atom. The van der Waals surface area contributed by atoms with Gasteiger partial charge in [-0.1, -0.05) is 27.4 Å². The van der Waals surface area contributed by atoms with Crippen LogP contribution in [-0.4, -0.2) is 43.0 Å². The molecule has 0 saturated carbocycles. The molecule has 0 heterocycles. The summed E-state index contributed by atoms with van der Waals surface area (Å²) in [5.74, 6) is 0. The minimum atomic E-state index is -3.51. The van der Waals surface area contributed by atoms with Crippen LogP contribution in [-0.2, 0) is 13.3 Å². The maximum absolute atomic E-state index is 9.54. The molecule has 0 radical (unpaired) electrons. The third-order valence-corrected chi connectivity index (χ3v) is 4.50. The van der Waals surface area contributed by atoms with Gasteiger partial charge in [0.2, 0.25) is 0 Å². The summed E-state index contributed by atoms with van der Waals surface area (Å²) >= 11 is 0. The van der Waals surface area contributed by atoms with Crippen molar-refractivity contribution in [3.8, 4) is 0 Å². The minimum absolute atomic E-state index is 0.333. The summed E-state index contributed by atoms with van der Waals surface area (Å²) in [5, 5.41) is 28.6. The molecule has 0 aromatic carbocycles. The van der Waals surface area contributed by atoms with Crippen LogP contribution in [0.4, 0.5) is 0 Å². The Morgan fingerprint density at radius 3 is 1.33 bits per heavy atom. The molecule has 0 aliphatic carbocycles. The zero-order valence-corrected chi connectivity index (χ0v) is 12.2. The fourth-order valence-corrected chi connectivity index (χ4v) is 3.14. The molecule has 0 rings (SSSR count). The quantitative estimate of drug-likeness (QED) is 0.407. The molecule has 3 N–H and O–H groups in total. The van der Waals surface area contributed by atoms with Gasteiger partial charge in [0.05, 0.1) is 0 Å². The standard InChI is InChI=1S/C11H24O6Si/c1-5-9(12)15-18(8-4,16-10(13)6-2)17-11(14)7-3/h8-14H,4-7H2,1-3H3. The Labute approximate surface area is 109 Å². The SMILES string of the molecule is C=C[Si](OC(O)CC)(OC(O)CC)OC(O)CC. The summed E-state index contributed by atoms with van der Waals surface area (Å²) in [4.78, 5) is 0. The molecule has 0 aliphatic rings. The molecule has 0 fully saturated rings. The number of aliphatic hydroxyl groups excluding tert-OH is 3. The molecule has 108 valence electrons. The van der Waals surface area contributed by atoms with Crippen molar-refractivity contribution >= 4 is 8.80 Å². The van der Waals surface area contributed by atoms with Gasteiger partial charge in [0, 0.05) is 0 Å². The summed E-state index contributed by atoms with van der Waals surface area (Å²) in [6, 6.07) is 0. The lowest BCUT2D eigenvalue weighted by atomic mass is 10.5. The van der Waals surface area contributed by atoms with Crippen LogP contribution in [0.15, 0.2) is 12.3 Å². The van der Waals surface area contributed by atoms with E-state index in [0.29, 0.717) is 19.3 Å². The van der Waals surface area contributed by atoms with Crippen molar-refractivity contribution in [2.45, 2.75) is 58.9 Å². The van der Waals surface area contributed by atoms with Gasteiger partial charge in [-0.2, -0.15) is 0 Å². The smallest absolute Gasteiger partial charge is 0.369 e. The molecule has 7 heteroatoms. The van der Waals surface area contributed by atoms with Crippen molar-refractivity contribution in [2.75, 3.05) is 0 Å². The van der Waals surface area contributed by atoms with Crippen molar-refractivity contribution in [2.24, 2.45) is 0 Å². The van der Waals surface area contributed by atoms with Gasteiger partial charge in [0.1, 0.15) is 18.9 Å². The summed E-state index contributed by atoms with van der Waals surface area (Å²) in [5.41, 5.74) is 1.28. The zero-order chi connectivity index (χ0) is 14.2. The Kier molecular flexibility index (Phi) is 8.62. The molecule has 0 bridgehead atoms. The van der Waals surface area contributed by atoms with Crippen molar-refractivity contribution in [1.82, 2.24) is 0 Å². The second-order valence-corrected chi connectivity index (χ2v) is 6.07. The van der Waals surface area contributed by atoms with E-state index >= 15 is 0 Å². The Bertz CT molecular complexity index is 206. The highest BCUT2D eigenvalue weighted by Gasteiger charge is 2.43. The molecular formula is C11H24O6Si. The van der Waals surface area contributed by atoms with Gasteiger partial charge in [0.25, 0.3) is 0 Å². The number of rotatable bonds is 10. The third-order valence-electron chi connectivity index (χ3n) is 2.20. The van der Waals surface area contributed by atoms with Gasteiger partial charge in [-0.25, -0.2) is 0 Å². The van der Waals surface area contributed by atoms with Gasteiger partial charge >= 0.3 is 8.80 Å². The highest BCUT2D eigenvalue weighted by Crippen LogP contribution is 2.19. The lowest BCUT2D eigenvalue weighted by molar-refractivity contribution is -0.150. The monoisotopic (exact) mass is 280 g/mol. The van der Waals surface area contributed by atoms with E-state index in [9.17, 15) is 15.3 Å². The predicted octanol–water partition coefficient (Wildman–Crippen LogP) is 0.885. The molecule has 0 spiro atoms. The van der Waals surface area contributed by atoms with E-state index in [1.807, 2.05) is 0 Å². The number of hydrogen-bond acceptors (Lipinski definition) is 6. The Morgan fingerprint density at radius 2 is 1.17 bits per heavy atom. The van der Waals surface area contributed by atoms with E-state index < -0.39 is 27.7 Å². The zero-order valence-electron chi connectivity index (χ0n) is 11.2. The van der Waals surface area contributed by atoms with Gasteiger partial charge < -0.3 is 28.6 Å². The van der Waals surface area contributed by atoms with Gasteiger partial charge in [-0.05, 0) is 25.0 Å². The average Bonchev–Trinajstić information content (AvgIpc) is 2.37. The fraction of sp³-hybridized carbons (Fsp3) is 0.818. The molecule has 18 heavy (non-hydrogen) atoms. The molecular weight excluding hydrogens is 256 g/mol. The first kappa shape index (κ1) is 17.7. The first-order valence-corrected chi connectivity index (χ1v) is 7.94. The molecule has 0 aliphatic heterocycles. The maximum Gasteiger partial charge on any atom is 0.534 e. The van der Waals surface area contributed by atoms with Crippen LogP contribution >= 0.6 is 0 Å². The number of hydrogen-bond donors (Lipinski definition) is 3. The summed E-state index contributed by atoms with van der Waals surface area (Å²) in [6.07, 6.45) is -2.28. The van der Waals surface area contributed by atoms with E-state index in [0.717, 1.165) is 0 Å². The van der Waals surface area contributed by atoms with Crippen LogP contribution in [0.25, 0.3) is 0 Å². The van der Waals surface area contributed by atoms with Crippen LogP contribution in [0.1, 0.15) is 40.0 Å². The highest BCUT2D eigenvalue weighted by atomic mass is 28.4. The number of aliphatic hydroxyl groups is 3. The van der Waals surface area contributed by atoms with E-state index in [2.05, 4.69) is 6.58 Å². The predicted molar refractivity (Wildman–Crippen MR) is 68.1 cm³/mol. The van der Waals surface area contributed by atoms with Crippen LogP contribution in [0.5, 0.6) is 0 Å². The van der Waals surface area contributed by atoms with Crippen molar-refractivity contribution < 1.29 is 28.6 Å². The minimum Gasteiger partial charge on any atom is -0.369 e. The van der Waals surface area contributed by atoms with E-state index in [1.54, 1.807) is 20.8 Å². The van der Waals surface area contributed by atoms with Crippen molar-refractivity contribution in [3.63, 3.8) is 0 Å². The lowest BCUT2D eigenvalue weighted by Gasteiger charge is -2.31. The average molecular weight is 280 g/mol. The third kappa shape index (κ3) is 6.05. The van der Waals surface area contributed by atoms with Gasteiger partial charge in [0.15, 0.2) is 0 Å². The Hall–Kier alpha value is -0.283. The van der Waals surface area contributed by atoms with Crippen molar-refractivity contribution in [3.05, 3.63) is 12.3 Å². The van der Waals surface area contributed by atoms with Crippen LogP contribution in [0, 0.1) is 0 Å². The molecule has 0 amide bonds.